The van der Waals surface area contributed by atoms with Crippen LogP contribution in [0, 0.1) is 11.3 Å². The third-order valence-corrected chi connectivity index (χ3v) is 4.08. The molecule has 0 aromatic heterocycles. The van der Waals surface area contributed by atoms with Crippen molar-refractivity contribution in [2.45, 2.75) is 59.9 Å². The third kappa shape index (κ3) is 3.78. The van der Waals surface area contributed by atoms with Gasteiger partial charge in [-0.15, -0.1) is 0 Å². The van der Waals surface area contributed by atoms with Crippen molar-refractivity contribution in [3.63, 3.8) is 0 Å². The van der Waals surface area contributed by atoms with E-state index in [1.54, 1.807) is 0 Å². The van der Waals surface area contributed by atoms with Crippen LogP contribution >= 0.6 is 0 Å². The van der Waals surface area contributed by atoms with Gasteiger partial charge in [-0.25, -0.2) is 0 Å². The molecule has 2 amide bonds. The minimum atomic E-state index is -0.526. The molecule has 1 saturated heterocycles. The average molecular weight is 268 g/mol. The third-order valence-electron chi connectivity index (χ3n) is 4.08. The fraction of sp³-hybridized carbons (Fsp3) is 0.867. The number of likely N-dealkylation sites (tertiary alicyclic amines) is 1. The van der Waals surface area contributed by atoms with Crippen LogP contribution in [-0.2, 0) is 9.59 Å². The second-order valence-electron chi connectivity index (χ2n) is 6.32. The maximum absolute atomic E-state index is 12.2. The average Bonchev–Trinajstić information content (AvgIpc) is 2.54. The molecule has 1 aliphatic heterocycles. The highest BCUT2D eigenvalue weighted by molar-refractivity contribution is 6.05. The summed E-state index contributed by atoms with van der Waals surface area (Å²) in [6.45, 7) is 11.6. The molecule has 2 atom stereocenters. The number of amides is 2. The predicted octanol–water partition coefficient (Wildman–Crippen LogP) is 2.19. The Morgan fingerprint density at radius 3 is 2.37 bits per heavy atom. The molecular formula is C15H28N2O2. The van der Waals surface area contributed by atoms with Gasteiger partial charge in [0.1, 0.15) is 0 Å². The Balaban J connectivity index is 2.73. The fourth-order valence-electron chi connectivity index (χ4n) is 2.47. The number of nitrogens with one attached hydrogen (secondary N) is 1. The monoisotopic (exact) mass is 268 g/mol. The summed E-state index contributed by atoms with van der Waals surface area (Å²) in [4.78, 5) is 25.7. The lowest BCUT2D eigenvalue weighted by Gasteiger charge is -2.28. The number of hydrogen-bond donors (Lipinski definition) is 1. The molecule has 2 unspecified atom stereocenters. The van der Waals surface area contributed by atoms with Gasteiger partial charge in [-0.05, 0) is 18.9 Å². The van der Waals surface area contributed by atoms with E-state index >= 15 is 0 Å². The van der Waals surface area contributed by atoms with Crippen LogP contribution in [-0.4, -0.2) is 35.8 Å². The zero-order valence-electron chi connectivity index (χ0n) is 13.0. The zero-order valence-corrected chi connectivity index (χ0v) is 13.0. The lowest BCUT2D eigenvalue weighted by molar-refractivity contribution is -0.141. The maximum Gasteiger partial charge on any atom is 0.235 e. The summed E-state index contributed by atoms with van der Waals surface area (Å²) >= 11 is 0. The Kier molecular flexibility index (Phi) is 5.53. The molecule has 0 aromatic rings. The highest BCUT2D eigenvalue weighted by Crippen LogP contribution is 2.32. The first-order valence-corrected chi connectivity index (χ1v) is 7.41. The second kappa shape index (κ2) is 6.51. The van der Waals surface area contributed by atoms with Crippen LogP contribution < -0.4 is 5.32 Å². The molecule has 0 radical (unpaired) electrons. The van der Waals surface area contributed by atoms with E-state index in [0.717, 1.165) is 19.4 Å². The SMILES string of the molecule is CCCNC(CN1C(=O)CC(C)(C)C1=O)C(C)CC. The van der Waals surface area contributed by atoms with E-state index in [1.807, 2.05) is 13.8 Å². The van der Waals surface area contributed by atoms with Crippen molar-refractivity contribution in [2.24, 2.45) is 11.3 Å². The summed E-state index contributed by atoms with van der Waals surface area (Å²) in [6.07, 6.45) is 2.44. The molecule has 19 heavy (non-hydrogen) atoms. The quantitative estimate of drug-likeness (QED) is 0.720. The standard InChI is InChI=1S/C15H28N2O2/c1-6-8-16-12(11(3)7-2)10-17-13(18)9-15(4,5)14(17)19/h11-12,16H,6-10H2,1-5H3. The van der Waals surface area contributed by atoms with E-state index in [9.17, 15) is 9.59 Å². The first kappa shape index (κ1) is 16.2. The molecule has 0 saturated carbocycles. The van der Waals surface area contributed by atoms with E-state index in [4.69, 9.17) is 0 Å². The Bertz CT molecular complexity index is 339. The van der Waals surface area contributed by atoms with E-state index in [-0.39, 0.29) is 17.9 Å². The molecule has 1 heterocycles. The summed E-state index contributed by atoms with van der Waals surface area (Å²) in [5.41, 5.74) is -0.526. The molecule has 1 fully saturated rings. The maximum atomic E-state index is 12.2. The van der Waals surface area contributed by atoms with Crippen LogP contribution in [0.5, 0.6) is 0 Å². The van der Waals surface area contributed by atoms with Gasteiger partial charge >= 0.3 is 0 Å². The Hall–Kier alpha value is -0.900. The van der Waals surface area contributed by atoms with E-state index < -0.39 is 5.41 Å². The summed E-state index contributed by atoms with van der Waals surface area (Å²) < 4.78 is 0. The van der Waals surface area contributed by atoms with Crippen molar-refractivity contribution in [1.82, 2.24) is 10.2 Å². The fourth-order valence-corrected chi connectivity index (χ4v) is 2.47. The summed E-state index contributed by atoms with van der Waals surface area (Å²) in [7, 11) is 0. The normalized spacial score (nSPS) is 21.8. The van der Waals surface area contributed by atoms with Gasteiger partial charge in [-0.2, -0.15) is 0 Å². The molecule has 4 heteroatoms. The highest BCUT2D eigenvalue weighted by Gasteiger charge is 2.45. The number of hydrogen-bond acceptors (Lipinski definition) is 3. The summed E-state index contributed by atoms with van der Waals surface area (Å²) in [5, 5.41) is 3.47. The number of carbonyl (C=O) groups excluding carboxylic acids is 2. The predicted molar refractivity (Wildman–Crippen MR) is 76.7 cm³/mol. The topological polar surface area (TPSA) is 49.4 Å². The van der Waals surface area contributed by atoms with Crippen LogP contribution in [0.1, 0.15) is 53.9 Å². The molecule has 0 spiro atoms. The van der Waals surface area contributed by atoms with Gasteiger partial charge in [-0.3, -0.25) is 14.5 Å². The molecule has 1 rings (SSSR count). The second-order valence-corrected chi connectivity index (χ2v) is 6.32. The van der Waals surface area contributed by atoms with Crippen molar-refractivity contribution in [3.05, 3.63) is 0 Å². The van der Waals surface area contributed by atoms with Gasteiger partial charge in [0, 0.05) is 19.0 Å². The van der Waals surface area contributed by atoms with E-state index in [0.29, 0.717) is 18.9 Å². The van der Waals surface area contributed by atoms with Gasteiger partial charge < -0.3 is 5.32 Å². The first-order chi connectivity index (χ1) is 8.83. The van der Waals surface area contributed by atoms with E-state index in [2.05, 4.69) is 26.1 Å². The number of carbonyl (C=O) groups is 2. The smallest absolute Gasteiger partial charge is 0.235 e. The van der Waals surface area contributed by atoms with Crippen molar-refractivity contribution >= 4 is 11.8 Å². The van der Waals surface area contributed by atoms with Crippen molar-refractivity contribution in [3.8, 4) is 0 Å². The van der Waals surface area contributed by atoms with Crippen molar-refractivity contribution in [2.75, 3.05) is 13.1 Å². The van der Waals surface area contributed by atoms with E-state index in [1.165, 1.54) is 4.90 Å². The van der Waals surface area contributed by atoms with Crippen molar-refractivity contribution in [1.29, 1.82) is 0 Å². The Morgan fingerprint density at radius 1 is 1.32 bits per heavy atom. The molecule has 0 aromatic carbocycles. The largest absolute Gasteiger partial charge is 0.312 e. The van der Waals surface area contributed by atoms with Gasteiger partial charge in [0.25, 0.3) is 0 Å². The number of nitrogens with zero attached hydrogens (tertiary/aromatic N) is 1. The van der Waals surface area contributed by atoms with Gasteiger partial charge in [0.05, 0.1) is 5.41 Å². The molecule has 4 nitrogen and oxygen atoms in total. The van der Waals surface area contributed by atoms with Crippen molar-refractivity contribution < 1.29 is 9.59 Å². The van der Waals surface area contributed by atoms with Crippen LogP contribution in [0.15, 0.2) is 0 Å². The van der Waals surface area contributed by atoms with Crippen LogP contribution in [0.3, 0.4) is 0 Å². The Labute approximate surface area is 116 Å². The Morgan fingerprint density at radius 2 is 1.95 bits per heavy atom. The minimum Gasteiger partial charge on any atom is -0.312 e. The minimum absolute atomic E-state index is 0.0240. The first-order valence-electron chi connectivity index (χ1n) is 7.41. The summed E-state index contributed by atoms with van der Waals surface area (Å²) in [6, 6.07) is 0.201. The van der Waals surface area contributed by atoms with Crippen LogP contribution in [0.25, 0.3) is 0 Å². The van der Waals surface area contributed by atoms with Crippen LogP contribution in [0.2, 0.25) is 0 Å². The molecule has 0 bridgehead atoms. The van der Waals surface area contributed by atoms with Crippen LogP contribution in [0.4, 0.5) is 0 Å². The highest BCUT2D eigenvalue weighted by atomic mass is 16.2. The lowest BCUT2D eigenvalue weighted by Crippen LogP contribution is -2.47. The zero-order chi connectivity index (χ0) is 14.6. The van der Waals surface area contributed by atoms with Gasteiger partial charge in [0.15, 0.2) is 0 Å². The molecular weight excluding hydrogens is 240 g/mol. The lowest BCUT2D eigenvalue weighted by atomic mass is 9.92. The summed E-state index contributed by atoms with van der Waals surface area (Å²) in [5.74, 6) is 0.404. The number of rotatable bonds is 7. The van der Waals surface area contributed by atoms with Gasteiger partial charge in [-0.1, -0.05) is 41.0 Å². The van der Waals surface area contributed by atoms with Gasteiger partial charge in [0.2, 0.25) is 11.8 Å². The molecule has 1 aliphatic rings. The molecule has 1 N–H and O–H groups in total. The molecule has 110 valence electrons. The number of imide groups is 1. The molecule has 0 aliphatic carbocycles.